The number of piperazine rings is 1. The maximum atomic E-state index is 9.23. The minimum atomic E-state index is -0.293. The largest absolute Gasteiger partial charge is 0.369 e. The average molecular weight is 262 g/mol. The molecule has 1 saturated carbocycles. The number of nitriles is 1. The number of halogens is 1. The van der Waals surface area contributed by atoms with E-state index in [0.29, 0.717) is 0 Å². The smallest absolute Gasteiger partial charge is 0.0838 e. The highest BCUT2D eigenvalue weighted by molar-refractivity contribution is 6.31. The Morgan fingerprint density at radius 1 is 1.28 bits per heavy atom. The molecule has 0 aromatic heterocycles. The van der Waals surface area contributed by atoms with Gasteiger partial charge in [-0.3, -0.25) is 0 Å². The molecular weight excluding hydrogens is 246 g/mol. The van der Waals surface area contributed by atoms with Crippen molar-refractivity contribution in [3.8, 4) is 6.07 Å². The first-order valence-electron chi connectivity index (χ1n) is 6.42. The Kier molecular flexibility index (Phi) is 2.93. The number of nitrogens with one attached hydrogen (secondary N) is 1. The summed E-state index contributed by atoms with van der Waals surface area (Å²) in [5.74, 6) is 0. The van der Waals surface area contributed by atoms with Crippen molar-refractivity contribution in [3.05, 3.63) is 28.8 Å². The van der Waals surface area contributed by atoms with Crippen LogP contribution in [0.2, 0.25) is 5.02 Å². The van der Waals surface area contributed by atoms with E-state index in [1.165, 1.54) is 5.69 Å². The van der Waals surface area contributed by atoms with E-state index < -0.39 is 0 Å². The normalized spacial score (nSPS) is 21.4. The quantitative estimate of drug-likeness (QED) is 0.888. The number of anilines is 1. The number of rotatable bonds is 2. The van der Waals surface area contributed by atoms with Crippen molar-refractivity contribution in [2.45, 2.75) is 18.3 Å². The Morgan fingerprint density at radius 2 is 2.00 bits per heavy atom. The summed E-state index contributed by atoms with van der Waals surface area (Å²) in [6, 6.07) is 8.55. The summed E-state index contributed by atoms with van der Waals surface area (Å²) in [5.41, 5.74) is 1.88. The molecule has 1 aromatic carbocycles. The fraction of sp³-hybridized carbons (Fsp3) is 0.500. The molecule has 1 aliphatic heterocycles. The van der Waals surface area contributed by atoms with E-state index in [-0.39, 0.29) is 5.41 Å². The van der Waals surface area contributed by atoms with Gasteiger partial charge in [0, 0.05) is 36.9 Å². The molecule has 0 amide bonds. The number of benzene rings is 1. The van der Waals surface area contributed by atoms with Crippen molar-refractivity contribution in [1.82, 2.24) is 5.32 Å². The summed E-state index contributed by atoms with van der Waals surface area (Å²) < 4.78 is 0. The molecule has 18 heavy (non-hydrogen) atoms. The number of nitrogens with zero attached hydrogens (tertiary/aromatic N) is 2. The molecule has 2 aliphatic rings. The van der Waals surface area contributed by atoms with Gasteiger partial charge in [0.05, 0.1) is 11.5 Å². The van der Waals surface area contributed by atoms with E-state index in [4.69, 9.17) is 11.6 Å². The third-order valence-corrected chi connectivity index (χ3v) is 4.23. The standard InChI is InChI=1S/C14H16ClN3/c15-13-9-11(18-7-5-17-6-8-18)1-2-12(13)14(10-16)3-4-14/h1-2,9,17H,3-8H2. The van der Waals surface area contributed by atoms with Gasteiger partial charge >= 0.3 is 0 Å². The van der Waals surface area contributed by atoms with Crippen LogP contribution in [0, 0.1) is 11.3 Å². The van der Waals surface area contributed by atoms with Gasteiger partial charge in [0.2, 0.25) is 0 Å². The first kappa shape index (κ1) is 11.8. The Morgan fingerprint density at radius 3 is 2.56 bits per heavy atom. The fourth-order valence-electron chi connectivity index (χ4n) is 2.58. The summed E-state index contributed by atoms with van der Waals surface area (Å²) in [4.78, 5) is 2.33. The lowest BCUT2D eigenvalue weighted by Crippen LogP contribution is -2.43. The second kappa shape index (κ2) is 4.46. The van der Waals surface area contributed by atoms with Crippen LogP contribution >= 0.6 is 11.6 Å². The molecule has 0 bridgehead atoms. The second-order valence-electron chi connectivity index (χ2n) is 5.10. The number of hydrogen-bond acceptors (Lipinski definition) is 3. The molecular formula is C14H16ClN3. The number of hydrogen-bond donors (Lipinski definition) is 1. The summed E-state index contributed by atoms with van der Waals surface area (Å²) in [7, 11) is 0. The lowest BCUT2D eigenvalue weighted by atomic mass is 9.97. The molecule has 0 spiro atoms. The van der Waals surface area contributed by atoms with Gasteiger partial charge in [-0.1, -0.05) is 17.7 Å². The van der Waals surface area contributed by atoms with E-state index in [1.54, 1.807) is 0 Å². The monoisotopic (exact) mass is 261 g/mol. The summed E-state index contributed by atoms with van der Waals surface area (Å²) >= 11 is 6.36. The Hall–Kier alpha value is -1.24. The third-order valence-electron chi connectivity index (χ3n) is 3.91. The predicted molar refractivity (Wildman–Crippen MR) is 73.1 cm³/mol. The van der Waals surface area contributed by atoms with Crippen molar-refractivity contribution in [2.75, 3.05) is 31.1 Å². The maximum Gasteiger partial charge on any atom is 0.0838 e. The highest BCUT2D eigenvalue weighted by Gasteiger charge is 2.46. The molecule has 0 radical (unpaired) electrons. The van der Waals surface area contributed by atoms with Crippen LogP contribution in [0.4, 0.5) is 5.69 Å². The van der Waals surface area contributed by atoms with Crippen molar-refractivity contribution < 1.29 is 0 Å². The predicted octanol–water partition coefficient (Wildman–Crippen LogP) is 2.30. The van der Waals surface area contributed by atoms with Gasteiger partial charge in [-0.2, -0.15) is 5.26 Å². The molecule has 1 aliphatic carbocycles. The summed E-state index contributed by atoms with van der Waals surface area (Å²) in [6.07, 6.45) is 1.88. The molecule has 1 heterocycles. The van der Waals surface area contributed by atoms with Crippen LogP contribution in [0.15, 0.2) is 18.2 Å². The van der Waals surface area contributed by atoms with Gasteiger partial charge < -0.3 is 10.2 Å². The minimum absolute atomic E-state index is 0.293. The summed E-state index contributed by atoms with van der Waals surface area (Å²) in [5, 5.41) is 13.3. The molecule has 4 heteroatoms. The minimum Gasteiger partial charge on any atom is -0.369 e. The van der Waals surface area contributed by atoms with Crippen LogP contribution < -0.4 is 10.2 Å². The summed E-state index contributed by atoms with van der Waals surface area (Å²) in [6.45, 7) is 4.06. The van der Waals surface area contributed by atoms with Crippen LogP contribution in [0.3, 0.4) is 0 Å². The second-order valence-corrected chi connectivity index (χ2v) is 5.50. The zero-order valence-corrected chi connectivity index (χ0v) is 11.0. The van der Waals surface area contributed by atoms with Crippen LogP contribution in [0.1, 0.15) is 18.4 Å². The van der Waals surface area contributed by atoms with Crippen molar-refractivity contribution in [3.63, 3.8) is 0 Å². The highest BCUT2D eigenvalue weighted by atomic mass is 35.5. The molecule has 1 aromatic rings. The lowest BCUT2D eigenvalue weighted by molar-refractivity contribution is 0.589. The topological polar surface area (TPSA) is 39.1 Å². The molecule has 1 N–H and O–H groups in total. The Bertz CT molecular complexity index is 496. The molecule has 2 fully saturated rings. The molecule has 94 valence electrons. The Balaban J connectivity index is 1.87. The molecule has 3 rings (SSSR count). The first-order chi connectivity index (χ1) is 8.75. The first-order valence-corrected chi connectivity index (χ1v) is 6.80. The zero-order valence-electron chi connectivity index (χ0n) is 10.2. The van der Waals surface area contributed by atoms with Gasteiger partial charge in [-0.25, -0.2) is 0 Å². The molecule has 0 unspecified atom stereocenters. The van der Waals surface area contributed by atoms with Gasteiger partial charge in [0.15, 0.2) is 0 Å². The van der Waals surface area contributed by atoms with Gasteiger partial charge in [0.25, 0.3) is 0 Å². The van der Waals surface area contributed by atoms with Crippen molar-refractivity contribution in [1.29, 1.82) is 5.26 Å². The van der Waals surface area contributed by atoms with E-state index in [0.717, 1.165) is 49.6 Å². The van der Waals surface area contributed by atoms with E-state index in [1.807, 2.05) is 12.1 Å². The zero-order chi connectivity index (χ0) is 12.6. The highest BCUT2D eigenvalue weighted by Crippen LogP contribution is 2.50. The molecule has 1 saturated heterocycles. The van der Waals surface area contributed by atoms with Gasteiger partial charge in [-0.05, 0) is 30.5 Å². The van der Waals surface area contributed by atoms with Crippen LogP contribution in [0.5, 0.6) is 0 Å². The van der Waals surface area contributed by atoms with Crippen LogP contribution in [-0.4, -0.2) is 26.2 Å². The van der Waals surface area contributed by atoms with E-state index in [2.05, 4.69) is 22.4 Å². The van der Waals surface area contributed by atoms with E-state index in [9.17, 15) is 5.26 Å². The van der Waals surface area contributed by atoms with Crippen LogP contribution in [0.25, 0.3) is 0 Å². The van der Waals surface area contributed by atoms with E-state index >= 15 is 0 Å². The molecule has 3 nitrogen and oxygen atoms in total. The van der Waals surface area contributed by atoms with Crippen LogP contribution in [-0.2, 0) is 5.41 Å². The van der Waals surface area contributed by atoms with Crippen molar-refractivity contribution in [2.24, 2.45) is 0 Å². The fourth-order valence-corrected chi connectivity index (χ4v) is 2.93. The van der Waals surface area contributed by atoms with Crippen molar-refractivity contribution >= 4 is 17.3 Å². The van der Waals surface area contributed by atoms with Gasteiger partial charge in [-0.15, -0.1) is 0 Å². The lowest BCUT2D eigenvalue weighted by Gasteiger charge is -2.30. The SMILES string of the molecule is N#CC1(c2ccc(N3CCNCC3)cc2Cl)CC1. The third kappa shape index (κ3) is 1.96. The van der Waals surface area contributed by atoms with Gasteiger partial charge in [0.1, 0.15) is 0 Å². The molecule has 0 atom stereocenters. The Labute approximate surface area is 112 Å². The average Bonchev–Trinajstić information content (AvgIpc) is 3.20. The maximum absolute atomic E-state index is 9.23.